The van der Waals surface area contributed by atoms with Crippen LogP contribution < -0.4 is 5.32 Å². The topological polar surface area (TPSA) is 68.1 Å². The van der Waals surface area contributed by atoms with Crippen LogP contribution in [0.4, 0.5) is 10.7 Å². The van der Waals surface area contributed by atoms with E-state index in [1.807, 2.05) is 23.8 Å². The van der Waals surface area contributed by atoms with E-state index in [0.29, 0.717) is 6.54 Å². The molecule has 0 amide bonds. The number of nitrogens with zero attached hydrogens (tertiary/aromatic N) is 2. The smallest absolute Gasteiger partial charge is 0.324 e. The van der Waals surface area contributed by atoms with E-state index in [1.165, 1.54) is 0 Å². The molecule has 1 N–H and O–H groups in total. The van der Waals surface area contributed by atoms with E-state index in [0.717, 1.165) is 37.1 Å². The number of rotatable bonds is 5. The van der Waals surface area contributed by atoms with Crippen molar-refractivity contribution < 1.29 is 4.92 Å². The Labute approximate surface area is 133 Å². The standard InChI is InChI=1S/C13H11N3O2S3/c1-19-13-15-10-3-2-9(5-11(10)21-13)14-6-8-4-12(16(17)18)20-7-8/h2-5,7,14H,6H2,1H3. The highest BCUT2D eigenvalue weighted by Crippen LogP contribution is 2.30. The average molecular weight is 337 g/mol. The zero-order valence-electron chi connectivity index (χ0n) is 11.0. The Kier molecular flexibility index (Phi) is 4.09. The molecule has 2 aromatic heterocycles. The molecule has 0 aliphatic heterocycles. The Bertz CT molecular complexity index is 797. The molecule has 5 nitrogen and oxygen atoms in total. The van der Waals surface area contributed by atoms with Gasteiger partial charge in [0.25, 0.3) is 0 Å². The molecule has 0 bridgehead atoms. The van der Waals surface area contributed by atoms with Crippen molar-refractivity contribution in [2.24, 2.45) is 0 Å². The minimum atomic E-state index is -0.360. The van der Waals surface area contributed by atoms with Gasteiger partial charge in [0.2, 0.25) is 0 Å². The van der Waals surface area contributed by atoms with Gasteiger partial charge in [0.05, 0.1) is 15.1 Å². The molecule has 0 aliphatic carbocycles. The van der Waals surface area contributed by atoms with E-state index in [-0.39, 0.29) is 9.92 Å². The van der Waals surface area contributed by atoms with Crippen LogP contribution in [0.5, 0.6) is 0 Å². The maximum atomic E-state index is 10.7. The van der Waals surface area contributed by atoms with Gasteiger partial charge >= 0.3 is 5.00 Å². The molecular weight excluding hydrogens is 326 g/mol. The number of aromatic nitrogens is 1. The lowest BCUT2D eigenvalue weighted by molar-refractivity contribution is -0.380. The second-order valence-corrected chi connectivity index (χ2v) is 7.24. The van der Waals surface area contributed by atoms with E-state index in [9.17, 15) is 10.1 Å². The first-order valence-corrected chi connectivity index (χ1v) is 8.98. The summed E-state index contributed by atoms with van der Waals surface area (Å²) in [5, 5.41) is 15.9. The fraction of sp³-hybridized carbons (Fsp3) is 0.154. The fourth-order valence-corrected chi connectivity index (χ4v) is 4.11. The van der Waals surface area contributed by atoms with Crippen LogP contribution in [0.3, 0.4) is 0 Å². The third-order valence-electron chi connectivity index (χ3n) is 2.86. The highest BCUT2D eigenvalue weighted by Gasteiger charge is 2.09. The van der Waals surface area contributed by atoms with Crippen LogP contribution in [-0.2, 0) is 6.54 Å². The number of thiazole rings is 1. The van der Waals surface area contributed by atoms with Crippen molar-refractivity contribution in [2.45, 2.75) is 10.9 Å². The second kappa shape index (κ2) is 6.00. The van der Waals surface area contributed by atoms with E-state index in [1.54, 1.807) is 29.2 Å². The normalized spacial score (nSPS) is 10.9. The van der Waals surface area contributed by atoms with Gasteiger partial charge in [-0.3, -0.25) is 10.1 Å². The Morgan fingerprint density at radius 2 is 2.29 bits per heavy atom. The van der Waals surface area contributed by atoms with Crippen LogP contribution >= 0.6 is 34.4 Å². The number of benzene rings is 1. The van der Waals surface area contributed by atoms with Crippen molar-refractivity contribution in [2.75, 3.05) is 11.6 Å². The van der Waals surface area contributed by atoms with Gasteiger partial charge in [-0.25, -0.2) is 4.98 Å². The van der Waals surface area contributed by atoms with Gasteiger partial charge in [-0.1, -0.05) is 23.1 Å². The van der Waals surface area contributed by atoms with Gasteiger partial charge in [0.1, 0.15) is 0 Å². The van der Waals surface area contributed by atoms with Crippen molar-refractivity contribution in [1.82, 2.24) is 4.98 Å². The molecule has 0 atom stereocenters. The number of thiophene rings is 1. The predicted molar refractivity (Wildman–Crippen MR) is 89.7 cm³/mol. The minimum Gasteiger partial charge on any atom is -0.381 e. The summed E-state index contributed by atoms with van der Waals surface area (Å²) in [4.78, 5) is 14.8. The minimum absolute atomic E-state index is 0.175. The van der Waals surface area contributed by atoms with Crippen molar-refractivity contribution in [1.29, 1.82) is 0 Å². The monoisotopic (exact) mass is 337 g/mol. The lowest BCUT2D eigenvalue weighted by Gasteiger charge is -2.04. The van der Waals surface area contributed by atoms with Crippen LogP contribution in [0.1, 0.15) is 5.56 Å². The summed E-state index contributed by atoms with van der Waals surface area (Å²) in [7, 11) is 0. The summed E-state index contributed by atoms with van der Waals surface area (Å²) < 4.78 is 2.19. The van der Waals surface area contributed by atoms with Crippen LogP contribution in [-0.4, -0.2) is 16.2 Å². The Morgan fingerprint density at radius 1 is 1.43 bits per heavy atom. The maximum Gasteiger partial charge on any atom is 0.324 e. The number of nitro groups is 1. The molecule has 0 spiro atoms. The fourth-order valence-electron chi connectivity index (χ4n) is 1.86. The molecular formula is C13H11N3O2S3. The third kappa shape index (κ3) is 3.17. The second-order valence-electron chi connectivity index (χ2n) is 4.27. The van der Waals surface area contributed by atoms with Gasteiger partial charge in [-0.15, -0.1) is 11.3 Å². The van der Waals surface area contributed by atoms with Gasteiger partial charge in [-0.05, 0) is 30.0 Å². The van der Waals surface area contributed by atoms with E-state index < -0.39 is 0 Å². The lowest BCUT2D eigenvalue weighted by atomic mass is 10.2. The largest absolute Gasteiger partial charge is 0.381 e. The maximum absolute atomic E-state index is 10.7. The Morgan fingerprint density at radius 3 is 3.00 bits per heavy atom. The first-order chi connectivity index (χ1) is 10.2. The number of fused-ring (bicyclic) bond motifs is 1. The summed E-state index contributed by atoms with van der Waals surface area (Å²) in [5.74, 6) is 0. The lowest BCUT2D eigenvalue weighted by Crippen LogP contribution is -1.97. The molecule has 108 valence electrons. The van der Waals surface area contributed by atoms with E-state index in [4.69, 9.17) is 0 Å². The van der Waals surface area contributed by atoms with Crippen molar-refractivity contribution >= 4 is 55.3 Å². The highest BCUT2D eigenvalue weighted by molar-refractivity contribution is 8.00. The molecule has 0 unspecified atom stereocenters. The van der Waals surface area contributed by atoms with Gasteiger partial charge in [-0.2, -0.15) is 0 Å². The zero-order valence-corrected chi connectivity index (χ0v) is 13.5. The summed E-state index contributed by atoms with van der Waals surface area (Å²) in [6, 6.07) is 7.64. The predicted octanol–water partition coefficient (Wildman–Crippen LogP) is 4.60. The molecule has 21 heavy (non-hydrogen) atoms. The first-order valence-electron chi connectivity index (χ1n) is 6.06. The van der Waals surface area contributed by atoms with Crippen LogP contribution in [0.15, 0.2) is 34.0 Å². The average Bonchev–Trinajstić information content (AvgIpc) is 3.10. The third-order valence-corrected chi connectivity index (χ3v) is 5.79. The number of hydrogen-bond acceptors (Lipinski definition) is 7. The van der Waals surface area contributed by atoms with Crippen molar-refractivity contribution in [3.8, 4) is 0 Å². The summed E-state index contributed by atoms with van der Waals surface area (Å²) >= 11 is 4.46. The quantitative estimate of drug-likeness (QED) is 0.418. The SMILES string of the molecule is CSc1nc2ccc(NCc3csc([N+](=O)[O-])c3)cc2s1. The van der Waals surface area contributed by atoms with Crippen LogP contribution in [0.25, 0.3) is 10.2 Å². The van der Waals surface area contributed by atoms with Gasteiger partial charge in [0.15, 0.2) is 4.34 Å². The molecule has 0 aliphatic rings. The molecule has 0 radical (unpaired) electrons. The molecule has 3 aromatic rings. The van der Waals surface area contributed by atoms with Crippen LogP contribution in [0, 0.1) is 10.1 Å². The molecule has 1 aromatic carbocycles. The molecule has 0 saturated heterocycles. The van der Waals surface area contributed by atoms with Gasteiger partial charge in [0, 0.05) is 23.7 Å². The number of nitrogens with one attached hydrogen (secondary N) is 1. The van der Waals surface area contributed by atoms with Gasteiger partial charge < -0.3 is 5.32 Å². The summed E-state index contributed by atoms with van der Waals surface area (Å²) in [5.41, 5.74) is 2.91. The van der Waals surface area contributed by atoms with Crippen molar-refractivity contribution in [3.63, 3.8) is 0 Å². The van der Waals surface area contributed by atoms with Crippen LogP contribution in [0.2, 0.25) is 0 Å². The number of thioether (sulfide) groups is 1. The Balaban J connectivity index is 1.73. The first kappa shape index (κ1) is 14.3. The summed E-state index contributed by atoms with van der Waals surface area (Å²) in [6.45, 7) is 0.573. The highest BCUT2D eigenvalue weighted by atomic mass is 32.2. The molecule has 3 rings (SSSR count). The Hall–Kier alpha value is -1.64. The molecule has 0 saturated carbocycles. The number of hydrogen-bond donors (Lipinski definition) is 1. The molecule has 8 heteroatoms. The summed E-state index contributed by atoms with van der Waals surface area (Å²) in [6.07, 6.45) is 2.01. The zero-order chi connectivity index (χ0) is 14.8. The molecule has 0 fully saturated rings. The van der Waals surface area contributed by atoms with E-state index in [2.05, 4.69) is 16.4 Å². The van der Waals surface area contributed by atoms with Crippen molar-refractivity contribution in [3.05, 3.63) is 45.3 Å². The van der Waals surface area contributed by atoms with E-state index >= 15 is 0 Å². The number of anilines is 1. The molecule has 2 heterocycles.